The largest absolute Gasteiger partial charge is 0.466 e. The summed E-state index contributed by atoms with van der Waals surface area (Å²) in [5.74, 6) is -0.907. The Morgan fingerprint density at radius 1 is 1.20 bits per heavy atom. The van der Waals surface area contributed by atoms with Gasteiger partial charge in [0.2, 0.25) is 0 Å². The molecule has 130 valence electrons. The van der Waals surface area contributed by atoms with Crippen LogP contribution in [0.1, 0.15) is 25.8 Å². The van der Waals surface area contributed by atoms with Gasteiger partial charge >= 0.3 is 11.9 Å². The van der Waals surface area contributed by atoms with E-state index >= 15 is 0 Å². The fourth-order valence-electron chi connectivity index (χ4n) is 2.52. The summed E-state index contributed by atoms with van der Waals surface area (Å²) in [6.07, 6.45) is 3.58. The summed E-state index contributed by atoms with van der Waals surface area (Å²) in [5, 5.41) is 10.1. The quantitative estimate of drug-likeness (QED) is 0.439. The Morgan fingerprint density at radius 3 is 2.60 bits per heavy atom. The molecule has 0 N–H and O–H groups in total. The number of rotatable bonds is 7. The Hall–Kier alpha value is -3.07. The minimum absolute atomic E-state index is 0.0601. The van der Waals surface area contributed by atoms with Gasteiger partial charge in [0.1, 0.15) is 11.6 Å². The molecule has 2 rings (SSSR count). The molecule has 0 saturated heterocycles. The summed E-state index contributed by atoms with van der Waals surface area (Å²) in [6, 6.07) is 9.49. The monoisotopic (exact) mass is 340 g/mol. The molecule has 0 bridgehead atoms. The third-order valence-corrected chi connectivity index (χ3v) is 3.60. The molecule has 0 radical (unpaired) electrons. The molecule has 0 fully saturated rings. The average molecular weight is 340 g/mol. The van der Waals surface area contributed by atoms with Crippen molar-refractivity contribution in [3.63, 3.8) is 0 Å². The molecule has 25 heavy (non-hydrogen) atoms. The zero-order valence-corrected chi connectivity index (χ0v) is 14.3. The summed E-state index contributed by atoms with van der Waals surface area (Å²) in [5.41, 5.74) is 1.58. The zero-order valence-electron chi connectivity index (χ0n) is 14.3. The van der Waals surface area contributed by atoms with Crippen molar-refractivity contribution in [1.29, 1.82) is 5.26 Å². The van der Waals surface area contributed by atoms with Crippen LogP contribution in [0.4, 0.5) is 0 Å². The number of aromatic nitrogens is 1. The maximum atomic E-state index is 11.8. The number of esters is 2. The van der Waals surface area contributed by atoms with Crippen LogP contribution in [-0.4, -0.2) is 29.7 Å². The van der Waals surface area contributed by atoms with Gasteiger partial charge in [-0.05, 0) is 26.0 Å². The fraction of sp³-hybridized carbons (Fsp3) is 0.316. The van der Waals surface area contributed by atoms with Gasteiger partial charge in [0, 0.05) is 29.2 Å². The van der Waals surface area contributed by atoms with E-state index in [1.165, 1.54) is 6.08 Å². The fourth-order valence-corrected chi connectivity index (χ4v) is 2.52. The van der Waals surface area contributed by atoms with E-state index in [0.717, 1.165) is 16.5 Å². The number of nitriles is 1. The van der Waals surface area contributed by atoms with Crippen LogP contribution >= 0.6 is 0 Å². The van der Waals surface area contributed by atoms with Crippen LogP contribution in [0.3, 0.4) is 0 Å². The Bertz CT molecular complexity index is 843. The third kappa shape index (κ3) is 4.48. The molecule has 0 unspecified atom stereocenters. The smallest absolute Gasteiger partial charge is 0.348 e. The highest BCUT2D eigenvalue weighted by Gasteiger charge is 2.13. The lowest BCUT2D eigenvalue weighted by atomic mass is 10.1. The molecular weight excluding hydrogens is 320 g/mol. The number of benzene rings is 1. The number of carbonyl (C=O) groups excluding carboxylic acids is 2. The van der Waals surface area contributed by atoms with Crippen LogP contribution in [0.15, 0.2) is 36.0 Å². The first-order valence-electron chi connectivity index (χ1n) is 8.13. The Morgan fingerprint density at radius 2 is 1.92 bits per heavy atom. The van der Waals surface area contributed by atoms with Gasteiger partial charge in [-0.3, -0.25) is 4.79 Å². The normalized spacial score (nSPS) is 11.2. The van der Waals surface area contributed by atoms with Crippen molar-refractivity contribution in [2.45, 2.75) is 26.8 Å². The minimum atomic E-state index is -0.645. The second-order valence-electron chi connectivity index (χ2n) is 5.24. The lowest BCUT2D eigenvalue weighted by Crippen LogP contribution is -2.08. The second kappa shape index (κ2) is 8.69. The van der Waals surface area contributed by atoms with E-state index < -0.39 is 5.97 Å². The van der Waals surface area contributed by atoms with Crippen LogP contribution in [0, 0.1) is 11.3 Å². The number of fused-ring (bicyclic) bond motifs is 1. The third-order valence-electron chi connectivity index (χ3n) is 3.60. The second-order valence-corrected chi connectivity index (χ2v) is 5.24. The molecule has 0 amide bonds. The van der Waals surface area contributed by atoms with Gasteiger partial charge in [0.05, 0.1) is 19.6 Å². The Kier molecular flexibility index (Phi) is 6.35. The first kappa shape index (κ1) is 18.3. The topological polar surface area (TPSA) is 81.3 Å². The first-order chi connectivity index (χ1) is 12.1. The van der Waals surface area contributed by atoms with Crippen molar-refractivity contribution in [3.05, 3.63) is 41.6 Å². The van der Waals surface area contributed by atoms with Crippen molar-refractivity contribution in [2.24, 2.45) is 0 Å². The van der Waals surface area contributed by atoms with Crippen molar-refractivity contribution in [1.82, 2.24) is 4.57 Å². The molecule has 1 aromatic heterocycles. The van der Waals surface area contributed by atoms with Crippen LogP contribution in [0.25, 0.3) is 17.0 Å². The van der Waals surface area contributed by atoms with Crippen LogP contribution in [0.2, 0.25) is 0 Å². The van der Waals surface area contributed by atoms with E-state index in [4.69, 9.17) is 9.47 Å². The van der Waals surface area contributed by atoms with Gasteiger partial charge in [0.15, 0.2) is 0 Å². The molecule has 0 aliphatic heterocycles. The van der Waals surface area contributed by atoms with Gasteiger partial charge in [-0.15, -0.1) is 0 Å². The molecular formula is C19H20N2O4. The first-order valence-corrected chi connectivity index (χ1v) is 8.13. The van der Waals surface area contributed by atoms with Crippen LogP contribution in [0.5, 0.6) is 0 Å². The standard InChI is InChI=1S/C19H20N2O4/c1-3-24-18(22)9-10-21-13-15(16-7-5-6-8-17(16)21)11-14(12-20)19(23)25-4-2/h5-8,11,13H,3-4,9-10H2,1-2H3/b14-11-. The van der Waals surface area contributed by atoms with Gasteiger partial charge in [-0.25, -0.2) is 4.79 Å². The Balaban J connectivity index is 2.36. The number of aryl methyl sites for hydroxylation is 1. The zero-order chi connectivity index (χ0) is 18.2. The molecule has 0 atom stereocenters. The van der Waals surface area contributed by atoms with Crippen molar-refractivity contribution in [3.8, 4) is 6.07 Å². The molecule has 6 heteroatoms. The van der Waals surface area contributed by atoms with Crippen LogP contribution < -0.4 is 0 Å². The number of hydrogen-bond donors (Lipinski definition) is 0. The predicted octanol–water partition coefficient (Wildman–Crippen LogP) is 3.06. The summed E-state index contributed by atoms with van der Waals surface area (Å²) in [4.78, 5) is 23.4. The highest BCUT2D eigenvalue weighted by Crippen LogP contribution is 2.24. The lowest BCUT2D eigenvalue weighted by molar-refractivity contribution is -0.143. The van der Waals surface area contributed by atoms with Crippen LogP contribution in [-0.2, 0) is 25.6 Å². The van der Waals surface area contributed by atoms with E-state index in [2.05, 4.69) is 0 Å². The van der Waals surface area contributed by atoms with Gasteiger partial charge in [-0.1, -0.05) is 18.2 Å². The van der Waals surface area contributed by atoms with Gasteiger partial charge in [0.25, 0.3) is 0 Å². The molecule has 6 nitrogen and oxygen atoms in total. The maximum Gasteiger partial charge on any atom is 0.348 e. The number of carbonyl (C=O) groups is 2. The van der Waals surface area contributed by atoms with Crippen molar-refractivity contribution >= 4 is 28.9 Å². The number of nitrogens with zero attached hydrogens (tertiary/aromatic N) is 2. The summed E-state index contributed by atoms with van der Waals surface area (Å²) >= 11 is 0. The molecule has 2 aromatic rings. The molecule has 0 spiro atoms. The highest BCUT2D eigenvalue weighted by molar-refractivity contribution is 6.01. The predicted molar refractivity (Wildman–Crippen MR) is 93.4 cm³/mol. The van der Waals surface area contributed by atoms with E-state index in [0.29, 0.717) is 13.2 Å². The molecule has 1 aromatic carbocycles. The number of hydrogen-bond acceptors (Lipinski definition) is 5. The molecule has 0 saturated carbocycles. The van der Waals surface area contributed by atoms with Gasteiger partial charge in [-0.2, -0.15) is 5.26 Å². The average Bonchev–Trinajstić information content (AvgIpc) is 2.96. The van der Waals surface area contributed by atoms with Gasteiger partial charge < -0.3 is 14.0 Å². The van der Waals surface area contributed by atoms with Crippen molar-refractivity contribution in [2.75, 3.05) is 13.2 Å². The Labute approximate surface area is 146 Å². The maximum absolute atomic E-state index is 11.8. The van der Waals surface area contributed by atoms with E-state index in [9.17, 15) is 14.9 Å². The summed E-state index contributed by atoms with van der Waals surface area (Å²) < 4.78 is 11.8. The van der Waals surface area contributed by atoms with E-state index in [1.54, 1.807) is 13.8 Å². The molecule has 1 heterocycles. The minimum Gasteiger partial charge on any atom is -0.466 e. The van der Waals surface area contributed by atoms with E-state index in [1.807, 2.05) is 41.1 Å². The number of para-hydroxylation sites is 1. The molecule has 0 aliphatic carbocycles. The van der Waals surface area contributed by atoms with Crippen molar-refractivity contribution < 1.29 is 19.1 Å². The molecule has 0 aliphatic rings. The number of ether oxygens (including phenoxy) is 2. The highest BCUT2D eigenvalue weighted by atomic mass is 16.5. The SMILES string of the molecule is CCOC(=O)CCn1cc(/C=C(/C#N)C(=O)OCC)c2ccccc21. The summed E-state index contributed by atoms with van der Waals surface area (Å²) in [6.45, 7) is 4.47. The van der Waals surface area contributed by atoms with E-state index in [-0.39, 0.29) is 24.6 Å². The lowest BCUT2D eigenvalue weighted by Gasteiger charge is -2.04. The summed E-state index contributed by atoms with van der Waals surface area (Å²) in [7, 11) is 0.